The molecule has 4 aromatic rings. The van der Waals surface area contributed by atoms with E-state index in [0.717, 1.165) is 18.4 Å². The third kappa shape index (κ3) is 4.36. The molecule has 1 aliphatic rings. The summed E-state index contributed by atoms with van der Waals surface area (Å²) < 4.78 is 30.6. The van der Waals surface area contributed by atoms with Crippen molar-refractivity contribution in [3.63, 3.8) is 0 Å². The lowest BCUT2D eigenvalue weighted by molar-refractivity contribution is 0.101. The number of hydrogen-bond acceptors (Lipinski definition) is 5. The Morgan fingerprint density at radius 1 is 1.12 bits per heavy atom. The van der Waals surface area contributed by atoms with Crippen molar-refractivity contribution in [3.8, 4) is 0 Å². The maximum atomic E-state index is 14.4. The van der Waals surface area contributed by atoms with Gasteiger partial charge in [-0.15, -0.1) is 11.3 Å². The van der Waals surface area contributed by atoms with Gasteiger partial charge in [-0.2, -0.15) is 0 Å². The van der Waals surface area contributed by atoms with Gasteiger partial charge in [0.05, 0.1) is 11.7 Å². The van der Waals surface area contributed by atoms with E-state index in [-0.39, 0.29) is 17.6 Å². The molecule has 4 heterocycles. The zero-order valence-electron chi connectivity index (χ0n) is 17.6. The van der Waals surface area contributed by atoms with Crippen molar-refractivity contribution >= 4 is 28.1 Å². The molecule has 0 bridgehead atoms. The molecule has 1 atom stereocenters. The molecule has 0 unspecified atom stereocenters. The zero-order chi connectivity index (χ0) is 22.8. The highest BCUT2D eigenvalue weighted by atomic mass is 32.1. The van der Waals surface area contributed by atoms with Gasteiger partial charge in [0.1, 0.15) is 23.0 Å². The molecule has 1 N–H and O–H groups in total. The van der Waals surface area contributed by atoms with Gasteiger partial charge in [-0.3, -0.25) is 15.1 Å². The number of carbonyl (C=O) groups is 1. The number of carbonyl (C=O) groups excluding carboxylic acids is 1. The number of hydrogen-bond donors (Lipinski definition) is 1. The summed E-state index contributed by atoms with van der Waals surface area (Å²) in [6.45, 7) is 1.09. The van der Waals surface area contributed by atoms with E-state index in [9.17, 15) is 13.6 Å². The van der Waals surface area contributed by atoms with Crippen molar-refractivity contribution in [2.24, 2.45) is 0 Å². The number of pyridine rings is 1. The van der Waals surface area contributed by atoms with Gasteiger partial charge in [0.25, 0.3) is 5.91 Å². The second-order valence-corrected chi connectivity index (χ2v) is 8.69. The van der Waals surface area contributed by atoms with Crippen molar-refractivity contribution in [2.45, 2.75) is 25.4 Å². The van der Waals surface area contributed by atoms with Crippen LogP contribution in [0.15, 0.2) is 66.4 Å². The summed E-state index contributed by atoms with van der Waals surface area (Å²) in [5.41, 5.74) is 2.23. The number of aromatic nitrogens is 3. The van der Waals surface area contributed by atoms with Gasteiger partial charge in [-0.05, 0) is 54.8 Å². The Morgan fingerprint density at radius 2 is 1.91 bits per heavy atom. The number of halogens is 2. The summed E-state index contributed by atoms with van der Waals surface area (Å²) in [5, 5.41) is 5.15. The number of amides is 1. The molecule has 0 spiro atoms. The molecular formula is C24H21F2N5OS. The van der Waals surface area contributed by atoms with Crippen LogP contribution in [0.4, 0.5) is 19.6 Å². The maximum absolute atomic E-state index is 14.4. The summed E-state index contributed by atoms with van der Waals surface area (Å²) in [7, 11) is 0. The Hall–Kier alpha value is -3.59. The molecule has 6 nitrogen and oxygen atoms in total. The van der Waals surface area contributed by atoms with Crippen LogP contribution in [0.3, 0.4) is 0 Å². The largest absolute Gasteiger partial charge is 0.358 e. The van der Waals surface area contributed by atoms with Crippen LogP contribution in [-0.2, 0) is 6.54 Å². The van der Waals surface area contributed by atoms with Gasteiger partial charge < -0.3 is 9.47 Å². The average Bonchev–Trinajstić information content (AvgIpc) is 3.55. The van der Waals surface area contributed by atoms with Crippen LogP contribution < -0.4 is 10.2 Å². The van der Waals surface area contributed by atoms with Crippen LogP contribution in [-0.4, -0.2) is 27.0 Å². The number of para-hydroxylation sites is 1. The molecule has 5 rings (SSSR count). The lowest BCUT2D eigenvalue weighted by Gasteiger charge is -2.26. The molecule has 0 aliphatic carbocycles. The molecule has 168 valence electrons. The molecule has 33 heavy (non-hydrogen) atoms. The highest BCUT2D eigenvalue weighted by Crippen LogP contribution is 2.39. The van der Waals surface area contributed by atoms with E-state index >= 15 is 0 Å². The standard InChI is InChI=1S/C24H21F2N5OS/c25-17-4-1-5-18(26)22(17)31-13-3-6-20(31)19-15-33-24(28-19)29-23(32)21-7-2-12-30(21)14-16-8-10-27-11-9-16/h1-2,4-5,7-12,15,20H,3,6,13-14H2,(H,28,29,32)/t20-/m1/s1. The Morgan fingerprint density at radius 3 is 2.70 bits per heavy atom. The Balaban J connectivity index is 1.32. The minimum Gasteiger partial charge on any atom is -0.358 e. The summed E-state index contributed by atoms with van der Waals surface area (Å²) in [6, 6.07) is 11.0. The second-order valence-electron chi connectivity index (χ2n) is 7.83. The first-order chi connectivity index (χ1) is 16.1. The lowest BCUT2D eigenvalue weighted by Crippen LogP contribution is -2.25. The van der Waals surface area contributed by atoms with E-state index < -0.39 is 11.6 Å². The number of rotatable bonds is 6. The summed E-state index contributed by atoms with van der Waals surface area (Å²) >= 11 is 1.30. The fourth-order valence-electron chi connectivity index (χ4n) is 4.21. The normalized spacial score (nSPS) is 15.7. The van der Waals surface area contributed by atoms with Gasteiger partial charge in [0.15, 0.2) is 5.13 Å². The van der Waals surface area contributed by atoms with E-state index in [1.165, 1.54) is 29.5 Å². The fraction of sp³-hybridized carbons (Fsp3) is 0.208. The van der Waals surface area contributed by atoms with E-state index in [4.69, 9.17) is 0 Å². The molecule has 1 fully saturated rings. The second kappa shape index (κ2) is 9.11. The van der Waals surface area contributed by atoms with E-state index in [1.54, 1.807) is 23.4 Å². The third-order valence-corrected chi connectivity index (χ3v) is 6.50. The number of benzene rings is 1. The summed E-state index contributed by atoms with van der Waals surface area (Å²) in [6.07, 6.45) is 6.83. The Labute approximate surface area is 193 Å². The first-order valence-corrected chi connectivity index (χ1v) is 11.5. The third-order valence-electron chi connectivity index (χ3n) is 5.73. The smallest absolute Gasteiger partial charge is 0.274 e. The molecule has 1 aliphatic heterocycles. The van der Waals surface area contributed by atoms with Crippen LogP contribution in [0.25, 0.3) is 0 Å². The van der Waals surface area contributed by atoms with Gasteiger partial charge in [0, 0.05) is 37.1 Å². The van der Waals surface area contributed by atoms with E-state index in [0.29, 0.717) is 29.6 Å². The van der Waals surface area contributed by atoms with Crippen molar-refractivity contribution in [1.82, 2.24) is 14.5 Å². The van der Waals surface area contributed by atoms with Crippen LogP contribution in [0, 0.1) is 11.6 Å². The minimum atomic E-state index is -0.583. The topological polar surface area (TPSA) is 63.1 Å². The SMILES string of the molecule is O=C(Nc1nc([C@H]2CCCN2c2c(F)cccc2F)cs1)c1cccn1Cc1ccncc1. The first kappa shape index (κ1) is 21.3. The number of thiazole rings is 1. The molecule has 1 saturated heterocycles. The molecule has 0 radical (unpaired) electrons. The monoisotopic (exact) mass is 465 g/mol. The lowest BCUT2D eigenvalue weighted by atomic mass is 10.1. The van der Waals surface area contributed by atoms with Gasteiger partial charge >= 0.3 is 0 Å². The van der Waals surface area contributed by atoms with Crippen LogP contribution in [0.2, 0.25) is 0 Å². The predicted octanol–water partition coefficient (Wildman–Crippen LogP) is 5.26. The molecule has 0 saturated carbocycles. The number of nitrogens with zero attached hydrogens (tertiary/aromatic N) is 4. The predicted molar refractivity (Wildman–Crippen MR) is 124 cm³/mol. The van der Waals surface area contributed by atoms with Gasteiger partial charge in [0.2, 0.25) is 0 Å². The highest BCUT2D eigenvalue weighted by molar-refractivity contribution is 7.14. The quantitative estimate of drug-likeness (QED) is 0.422. The van der Waals surface area contributed by atoms with Crippen LogP contribution in [0.1, 0.15) is 40.6 Å². The van der Waals surface area contributed by atoms with Crippen molar-refractivity contribution in [1.29, 1.82) is 0 Å². The number of nitrogens with one attached hydrogen (secondary N) is 1. The van der Waals surface area contributed by atoms with Crippen molar-refractivity contribution in [2.75, 3.05) is 16.8 Å². The number of anilines is 2. The highest BCUT2D eigenvalue weighted by Gasteiger charge is 2.32. The molecule has 1 aromatic carbocycles. The van der Waals surface area contributed by atoms with Gasteiger partial charge in [-0.1, -0.05) is 6.07 Å². The minimum absolute atomic E-state index is 0.0208. The Kier molecular flexibility index (Phi) is 5.87. The molecule has 1 amide bonds. The van der Waals surface area contributed by atoms with Gasteiger partial charge in [-0.25, -0.2) is 13.8 Å². The maximum Gasteiger partial charge on any atom is 0.274 e. The van der Waals surface area contributed by atoms with Crippen molar-refractivity contribution < 1.29 is 13.6 Å². The van der Waals surface area contributed by atoms with E-state index in [2.05, 4.69) is 15.3 Å². The fourth-order valence-corrected chi connectivity index (χ4v) is 4.96. The van der Waals surface area contributed by atoms with Crippen LogP contribution >= 0.6 is 11.3 Å². The van der Waals surface area contributed by atoms with Crippen LogP contribution in [0.5, 0.6) is 0 Å². The molecule has 3 aromatic heterocycles. The van der Waals surface area contributed by atoms with E-state index in [1.807, 2.05) is 34.3 Å². The van der Waals surface area contributed by atoms with Crippen molar-refractivity contribution in [3.05, 3.63) is 95.0 Å². The molecular weight excluding hydrogens is 444 g/mol. The zero-order valence-corrected chi connectivity index (χ0v) is 18.4. The summed E-state index contributed by atoms with van der Waals surface area (Å²) in [4.78, 5) is 23.2. The molecule has 9 heteroatoms. The first-order valence-electron chi connectivity index (χ1n) is 10.6. The Bertz CT molecular complexity index is 1250. The average molecular weight is 466 g/mol. The summed E-state index contributed by atoms with van der Waals surface area (Å²) in [5.74, 6) is -1.43.